The summed E-state index contributed by atoms with van der Waals surface area (Å²) in [6, 6.07) is 0.723. The molecule has 0 aliphatic heterocycles. The first-order valence-electron chi connectivity index (χ1n) is 7.83. The maximum atomic E-state index is 11.5. The molecule has 0 aliphatic rings. The summed E-state index contributed by atoms with van der Waals surface area (Å²) >= 11 is 0. The molecule has 2 N–H and O–H groups in total. The molecule has 0 heterocycles. The molecule has 0 bridgehead atoms. The molecule has 4 nitrogen and oxygen atoms in total. The molecule has 4 heteroatoms. The number of carbonyl (C=O) groups is 1. The second-order valence-electron chi connectivity index (χ2n) is 7.18. The summed E-state index contributed by atoms with van der Waals surface area (Å²) in [5.41, 5.74) is -0.440. The Bertz CT molecular complexity index is 272. The van der Waals surface area contributed by atoms with E-state index >= 15 is 0 Å². The Morgan fingerprint density at radius 2 is 1.65 bits per heavy atom. The maximum Gasteiger partial charge on any atom is 0.407 e. The third-order valence-electron chi connectivity index (χ3n) is 2.94. The first-order valence-corrected chi connectivity index (χ1v) is 7.83. The zero-order valence-electron chi connectivity index (χ0n) is 14.4. The predicted molar refractivity (Wildman–Crippen MR) is 85.0 cm³/mol. The van der Waals surface area contributed by atoms with E-state index in [1.165, 1.54) is 19.3 Å². The van der Waals surface area contributed by atoms with Gasteiger partial charge < -0.3 is 15.4 Å². The van der Waals surface area contributed by atoms with Crippen molar-refractivity contribution >= 4 is 6.09 Å². The van der Waals surface area contributed by atoms with Crippen LogP contribution in [0.5, 0.6) is 0 Å². The van der Waals surface area contributed by atoms with E-state index in [1.807, 2.05) is 20.8 Å². The van der Waals surface area contributed by atoms with E-state index in [-0.39, 0.29) is 12.1 Å². The fourth-order valence-electron chi connectivity index (χ4n) is 2.01. The van der Waals surface area contributed by atoms with E-state index in [2.05, 4.69) is 38.3 Å². The Morgan fingerprint density at radius 3 is 2.15 bits per heavy atom. The van der Waals surface area contributed by atoms with Crippen molar-refractivity contribution in [2.24, 2.45) is 5.92 Å². The number of carbonyl (C=O) groups excluding carboxylic acids is 1. The Morgan fingerprint density at radius 1 is 1.05 bits per heavy atom. The van der Waals surface area contributed by atoms with Gasteiger partial charge >= 0.3 is 6.09 Å². The van der Waals surface area contributed by atoms with E-state index < -0.39 is 5.60 Å². The molecule has 120 valence electrons. The summed E-state index contributed by atoms with van der Waals surface area (Å²) < 4.78 is 5.21. The summed E-state index contributed by atoms with van der Waals surface area (Å²) in [6.07, 6.45) is 3.35. The van der Waals surface area contributed by atoms with Crippen LogP contribution in [0.4, 0.5) is 4.79 Å². The van der Waals surface area contributed by atoms with E-state index in [9.17, 15) is 4.79 Å². The first-order chi connectivity index (χ1) is 9.10. The van der Waals surface area contributed by atoms with Gasteiger partial charge in [-0.3, -0.25) is 0 Å². The fraction of sp³-hybridized carbons (Fsp3) is 0.938. The molecule has 0 aromatic rings. The molecule has 2 unspecified atom stereocenters. The molecule has 1 amide bonds. The van der Waals surface area contributed by atoms with Crippen molar-refractivity contribution in [2.45, 2.75) is 85.4 Å². The molecule has 0 rings (SSSR count). The Labute approximate surface area is 125 Å². The number of hydrogen-bond acceptors (Lipinski definition) is 3. The van der Waals surface area contributed by atoms with Crippen LogP contribution in [0, 0.1) is 5.92 Å². The molecular formula is C16H34N2O2. The maximum absolute atomic E-state index is 11.5. The monoisotopic (exact) mass is 286 g/mol. The molecule has 0 spiro atoms. The average Bonchev–Trinajstić information content (AvgIpc) is 2.23. The van der Waals surface area contributed by atoms with Crippen molar-refractivity contribution < 1.29 is 9.53 Å². The molecule has 0 saturated carbocycles. The molecule has 2 atom stereocenters. The van der Waals surface area contributed by atoms with Gasteiger partial charge in [-0.2, -0.15) is 0 Å². The van der Waals surface area contributed by atoms with Gasteiger partial charge in [0.15, 0.2) is 0 Å². The smallest absolute Gasteiger partial charge is 0.407 e. The molecule has 0 aromatic carbocycles. The zero-order chi connectivity index (χ0) is 15.8. The predicted octanol–water partition coefficient (Wildman–Crippen LogP) is 3.70. The molecule has 0 aromatic heterocycles. The Kier molecular flexibility index (Phi) is 8.86. The lowest BCUT2D eigenvalue weighted by Gasteiger charge is -2.23. The van der Waals surface area contributed by atoms with Crippen LogP contribution < -0.4 is 10.6 Å². The van der Waals surface area contributed by atoms with E-state index in [1.54, 1.807) is 0 Å². The van der Waals surface area contributed by atoms with Crippen molar-refractivity contribution in [1.82, 2.24) is 10.6 Å². The van der Waals surface area contributed by atoms with E-state index in [4.69, 9.17) is 4.74 Å². The largest absolute Gasteiger partial charge is 0.444 e. The van der Waals surface area contributed by atoms with Gasteiger partial charge in [0, 0.05) is 18.6 Å². The van der Waals surface area contributed by atoms with Crippen molar-refractivity contribution in [1.29, 1.82) is 0 Å². The lowest BCUT2D eigenvalue weighted by molar-refractivity contribution is 0.0522. The third kappa shape index (κ3) is 12.3. The lowest BCUT2D eigenvalue weighted by Crippen LogP contribution is -2.44. The van der Waals surface area contributed by atoms with Gasteiger partial charge in [0.1, 0.15) is 5.60 Å². The lowest BCUT2D eigenvalue weighted by atomic mass is 10.0. The molecule has 20 heavy (non-hydrogen) atoms. The quantitative estimate of drug-likeness (QED) is 0.715. The minimum absolute atomic E-state index is 0.247. The van der Waals surface area contributed by atoms with Crippen LogP contribution >= 0.6 is 0 Å². The molecule has 0 saturated heterocycles. The summed E-state index contributed by atoms with van der Waals surface area (Å²) in [5, 5.41) is 6.30. The van der Waals surface area contributed by atoms with Crippen molar-refractivity contribution in [3.8, 4) is 0 Å². The average molecular weight is 286 g/mol. The second kappa shape index (κ2) is 9.22. The third-order valence-corrected chi connectivity index (χ3v) is 2.94. The molecule has 0 radical (unpaired) electrons. The van der Waals surface area contributed by atoms with Crippen LogP contribution in [-0.2, 0) is 4.74 Å². The second-order valence-corrected chi connectivity index (χ2v) is 7.18. The van der Waals surface area contributed by atoms with Crippen LogP contribution in [-0.4, -0.2) is 30.3 Å². The SMILES string of the molecule is CC(C)CCCC(C)NC(C)CNC(=O)OC(C)(C)C. The first kappa shape index (κ1) is 19.2. The summed E-state index contributed by atoms with van der Waals surface area (Å²) in [5.74, 6) is 0.772. The van der Waals surface area contributed by atoms with Gasteiger partial charge in [-0.05, 0) is 47.0 Å². The van der Waals surface area contributed by atoms with Crippen LogP contribution in [0.15, 0.2) is 0 Å². The minimum atomic E-state index is -0.440. The van der Waals surface area contributed by atoms with E-state index in [0.29, 0.717) is 12.6 Å². The summed E-state index contributed by atoms with van der Waals surface area (Å²) in [4.78, 5) is 11.5. The van der Waals surface area contributed by atoms with Crippen LogP contribution in [0.25, 0.3) is 0 Å². The highest BCUT2D eigenvalue weighted by molar-refractivity contribution is 5.67. The Balaban J connectivity index is 3.76. The van der Waals surface area contributed by atoms with Gasteiger partial charge in [-0.1, -0.05) is 26.7 Å². The van der Waals surface area contributed by atoms with Crippen LogP contribution in [0.3, 0.4) is 0 Å². The van der Waals surface area contributed by atoms with Gasteiger partial charge in [0.2, 0.25) is 0 Å². The molecular weight excluding hydrogens is 252 g/mol. The molecule has 0 fully saturated rings. The van der Waals surface area contributed by atoms with E-state index in [0.717, 1.165) is 5.92 Å². The number of hydrogen-bond donors (Lipinski definition) is 2. The number of amides is 1. The summed E-state index contributed by atoms with van der Waals surface area (Å²) in [7, 11) is 0. The highest BCUT2D eigenvalue weighted by atomic mass is 16.6. The zero-order valence-corrected chi connectivity index (χ0v) is 14.4. The van der Waals surface area contributed by atoms with Crippen LogP contribution in [0.1, 0.15) is 67.7 Å². The number of nitrogens with one attached hydrogen (secondary N) is 2. The van der Waals surface area contributed by atoms with Crippen molar-refractivity contribution in [2.75, 3.05) is 6.54 Å². The van der Waals surface area contributed by atoms with Crippen LogP contribution in [0.2, 0.25) is 0 Å². The highest BCUT2D eigenvalue weighted by Crippen LogP contribution is 2.09. The van der Waals surface area contributed by atoms with Crippen molar-refractivity contribution in [3.63, 3.8) is 0 Å². The normalized spacial score (nSPS) is 15.0. The Hall–Kier alpha value is -0.770. The van der Waals surface area contributed by atoms with Gasteiger partial charge in [-0.25, -0.2) is 4.79 Å². The van der Waals surface area contributed by atoms with Gasteiger partial charge in [0.05, 0.1) is 0 Å². The number of ether oxygens (including phenoxy) is 1. The topological polar surface area (TPSA) is 50.4 Å². The minimum Gasteiger partial charge on any atom is -0.444 e. The molecule has 0 aliphatic carbocycles. The number of rotatable bonds is 8. The van der Waals surface area contributed by atoms with Gasteiger partial charge in [0.25, 0.3) is 0 Å². The standard InChI is InChI=1S/C16H34N2O2/c1-12(2)9-8-10-13(3)18-14(4)11-17-15(19)20-16(5,6)7/h12-14,18H,8-11H2,1-7H3,(H,17,19). The fourth-order valence-corrected chi connectivity index (χ4v) is 2.01. The van der Waals surface area contributed by atoms with Gasteiger partial charge in [-0.15, -0.1) is 0 Å². The number of alkyl carbamates (subject to hydrolysis) is 1. The summed E-state index contributed by atoms with van der Waals surface area (Å²) in [6.45, 7) is 15.0. The van der Waals surface area contributed by atoms with Crippen molar-refractivity contribution in [3.05, 3.63) is 0 Å². The highest BCUT2D eigenvalue weighted by Gasteiger charge is 2.16.